The van der Waals surface area contributed by atoms with E-state index in [1.165, 1.54) is 11.0 Å². The van der Waals surface area contributed by atoms with Crippen molar-refractivity contribution >= 4 is 51.7 Å². The molecule has 1 heterocycles. The summed E-state index contributed by atoms with van der Waals surface area (Å²) in [6.07, 6.45) is 3.22. The highest BCUT2D eigenvalue weighted by atomic mass is 32.2. The molecule has 9 nitrogen and oxygen atoms in total. The van der Waals surface area contributed by atoms with Crippen molar-refractivity contribution in [3.05, 3.63) is 85.8 Å². The van der Waals surface area contributed by atoms with Gasteiger partial charge in [-0.1, -0.05) is 42.2 Å². The Kier molecular flexibility index (Phi) is 6.23. The maximum atomic E-state index is 12.4. The molecule has 0 spiro atoms. The summed E-state index contributed by atoms with van der Waals surface area (Å²) in [5.74, 6) is -0.107. The second-order valence-corrected chi connectivity index (χ2v) is 7.60. The Bertz CT molecular complexity index is 1120. The van der Waals surface area contributed by atoms with E-state index in [2.05, 4.69) is 6.58 Å². The molecular formula is C19H13N3O6S2. The van der Waals surface area contributed by atoms with Gasteiger partial charge >= 0.3 is 5.69 Å². The van der Waals surface area contributed by atoms with Gasteiger partial charge in [-0.05, 0) is 29.8 Å². The van der Waals surface area contributed by atoms with Gasteiger partial charge in [0.2, 0.25) is 5.75 Å². The molecule has 11 heteroatoms. The van der Waals surface area contributed by atoms with Crippen LogP contribution in [0.4, 0.5) is 11.4 Å². The van der Waals surface area contributed by atoms with Gasteiger partial charge in [-0.15, -0.1) is 6.58 Å². The average molecular weight is 443 g/mol. The van der Waals surface area contributed by atoms with Gasteiger partial charge in [0.1, 0.15) is 10.1 Å². The highest BCUT2D eigenvalue weighted by Gasteiger charge is 2.31. The smallest absolute Gasteiger partial charge is 0.318 e. The fourth-order valence-corrected chi connectivity index (χ4v) is 3.86. The molecule has 0 radical (unpaired) electrons. The zero-order valence-electron chi connectivity index (χ0n) is 15.2. The summed E-state index contributed by atoms with van der Waals surface area (Å²) in [7, 11) is 0. The number of nitrogens with zero attached hydrogens (tertiary/aromatic N) is 3. The standard InChI is InChI=1S/C19H13N3O6S2/c1-2-8-20-18(23)17(30-19(20)29)10-12-4-3-5-14(9-12)28-16-7-6-13(21(24)25)11-15(16)22(26)27/h2-7,9-11H,1,8H2. The summed E-state index contributed by atoms with van der Waals surface area (Å²) >= 11 is 6.36. The number of amides is 1. The van der Waals surface area contributed by atoms with Crippen molar-refractivity contribution in [1.82, 2.24) is 4.90 Å². The molecule has 0 bridgehead atoms. The first-order valence-corrected chi connectivity index (χ1v) is 9.59. The van der Waals surface area contributed by atoms with Crippen LogP contribution >= 0.6 is 24.0 Å². The number of carbonyl (C=O) groups is 1. The molecule has 2 aromatic carbocycles. The molecule has 1 fully saturated rings. The van der Waals surface area contributed by atoms with E-state index in [-0.39, 0.29) is 17.4 Å². The minimum Gasteiger partial charge on any atom is -0.450 e. The van der Waals surface area contributed by atoms with Crippen LogP contribution in [0.2, 0.25) is 0 Å². The van der Waals surface area contributed by atoms with Crippen LogP contribution in [-0.2, 0) is 4.79 Å². The number of benzene rings is 2. The highest BCUT2D eigenvalue weighted by Crippen LogP contribution is 2.36. The maximum absolute atomic E-state index is 12.4. The SMILES string of the molecule is C=CCN1C(=O)C(=Cc2cccc(Oc3ccc([N+](=O)[O-])cc3[N+](=O)[O-])c2)SC1=S. The van der Waals surface area contributed by atoms with Crippen LogP contribution in [0.15, 0.2) is 60.0 Å². The molecule has 1 aliphatic rings. The van der Waals surface area contributed by atoms with Gasteiger partial charge in [0, 0.05) is 12.6 Å². The summed E-state index contributed by atoms with van der Waals surface area (Å²) in [5.41, 5.74) is -0.319. The second-order valence-electron chi connectivity index (χ2n) is 5.92. The van der Waals surface area contributed by atoms with Crippen molar-refractivity contribution in [1.29, 1.82) is 0 Å². The molecule has 30 heavy (non-hydrogen) atoms. The van der Waals surface area contributed by atoms with E-state index in [4.69, 9.17) is 17.0 Å². The number of thiocarbonyl (C=S) groups is 1. The minimum atomic E-state index is -0.753. The predicted molar refractivity (Wildman–Crippen MR) is 116 cm³/mol. The first-order valence-electron chi connectivity index (χ1n) is 8.37. The molecular weight excluding hydrogens is 430 g/mol. The molecule has 1 amide bonds. The Hall–Kier alpha value is -3.57. The predicted octanol–water partition coefficient (Wildman–Crippen LogP) is 4.68. The molecule has 1 saturated heterocycles. The van der Waals surface area contributed by atoms with E-state index < -0.39 is 21.2 Å². The molecule has 152 valence electrons. The molecule has 2 aromatic rings. The molecule has 0 aliphatic carbocycles. The molecule has 0 unspecified atom stereocenters. The Morgan fingerprint density at radius 1 is 1.17 bits per heavy atom. The van der Waals surface area contributed by atoms with Crippen molar-refractivity contribution in [2.45, 2.75) is 0 Å². The lowest BCUT2D eigenvalue weighted by molar-refractivity contribution is -0.394. The van der Waals surface area contributed by atoms with Gasteiger partial charge in [-0.25, -0.2) is 0 Å². The lowest BCUT2D eigenvalue weighted by Gasteiger charge is -2.10. The summed E-state index contributed by atoms with van der Waals surface area (Å²) in [4.78, 5) is 34.9. The Labute approximate surface area is 179 Å². The molecule has 0 saturated carbocycles. The molecule has 0 atom stereocenters. The van der Waals surface area contributed by atoms with Crippen molar-refractivity contribution < 1.29 is 19.4 Å². The van der Waals surface area contributed by atoms with E-state index in [0.29, 0.717) is 21.3 Å². The first kappa shape index (κ1) is 21.1. The van der Waals surface area contributed by atoms with Gasteiger partial charge in [0.25, 0.3) is 11.6 Å². The maximum Gasteiger partial charge on any atom is 0.318 e. The van der Waals surface area contributed by atoms with Crippen LogP contribution in [0.25, 0.3) is 6.08 Å². The van der Waals surface area contributed by atoms with Crippen molar-refractivity contribution in [3.8, 4) is 11.5 Å². The number of carbonyl (C=O) groups excluding carboxylic acids is 1. The Morgan fingerprint density at radius 2 is 1.93 bits per heavy atom. The summed E-state index contributed by atoms with van der Waals surface area (Å²) < 4.78 is 6.01. The number of ether oxygens (including phenoxy) is 1. The summed E-state index contributed by atoms with van der Waals surface area (Å²) in [5, 5.41) is 22.1. The number of thioether (sulfide) groups is 1. The number of non-ortho nitro benzene ring substituents is 1. The van der Waals surface area contributed by atoms with Gasteiger partial charge in [0.15, 0.2) is 0 Å². The lowest BCUT2D eigenvalue weighted by atomic mass is 10.2. The number of hydrogen-bond acceptors (Lipinski definition) is 8. The second kappa shape index (κ2) is 8.84. The molecule has 3 rings (SSSR count). The fourth-order valence-electron chi connectivity index (χ4n) is 2.58. The van der Waals surface area contributed by atoms with Crippen LogP contribution in [0, 0.1) is 20.2 Å². The third kappa shape index (κ3) is 4.53. The van der Waals surface area contributed by atoms with Crippen LogP contribution in [0.1, 0.15) is 5.56 Å². The number of nitro groups is 2. The summed E-state index contributed by atoms with van der Waals surface area (Å²) in [6, 6.07) is 9.68. The number of rotatable bonds is 7. The van der Waals surface area contributed by atoms with E-state index in [0.717, 1.165) is 23.9 Å². The first-order chi connectivity index (χ1) is 14.3. The zero-order chi connectivity index (χ0) is 21.8. The topological polar surface area (TPSA) is 116 Å². The lowest BCUT2D eigenvalue weighted by Crippen LogP contribution is -2.27. The van der Waals surface area contributed by atoms with Crippen LogP contribution in [0.3, 0.4) is 0 Å². The van der Waals surface area contributed by atoms with Crippen LogP contribution < -0.4 is 4.74 Å². The largest absolute Gasteiger partial charge is 0.450 e. The van der Waals surface area contributed by atoms with Gasteiger partial charge < -0.3 is 4.74 Å². The monoisotopic (exact) mass is 443 g/mol. The van der Waals surface area contributed by atoms with Gasteiger partial charge in [0.05, 0.1) is 20.8 Å². The molecule has 1 aliphatic heterocycles. The van der Waals surface area contributed by atoms with Crippen molar-refractivity contribution in [3.63, 3.8) is 0 Å². The third-order valence-corrected chi connectivity index (χ3v) is 5.30. The number of nitro benzene ring substituents is 2. The van der Waals surface area contributed by atoms with Crippen LogP contribution in [0.5, 0.6) is 11.5 Å². The van der Waals surface area contributed by atoms with E-state index in [9.17, 15) is 25.0 Å². The van der Waals surface area contributed by atoms with E-state index in [1.807, 2.05) is 0 Å². The van der Waals surface area contributed by atoms with E-state index >= 15 is 0 Å². The fraction of sp³-hybridized carbons (Fsp3) is 0.0526. The third-order valence-electron chi connectivity index (χ3n) is 3.92. The Balaban J connectivity index is 1.88. The average Bonchev–Trinajstić information content (AvgIpc) is 2.96. The quantitative estimate of drug-likeness (QED) is 0.199. The van der Waals surface area contributed by atoms with E-state index in [1.54, 1.807) is 36.4 Å². The normalized spacial score (nSPS) is 14.8. The highest BCUT2D eigenvalue weighted by molar-refractivity contribution is 8.26. The zero-order valence-corrected chi connectivity index (χ0v) is 16.9. The minimum absolute atomic E-state index is 0.139. The Morgan fingerprint density at radius 3 is 2.60 bits per heavy atom. The van der Waals surface area contributed by atoms with Crippen molar-refractivity contribution in [2.75, 3.05) is 6.54 Å². The number of hydrogen-bond donors (Lipinski definition) is 0. The molecule has 0 N–H and O–H groups in total. The summed E-state index contributed by atoms with van der Waals surface area (Å²) in [6.45, 7) is 3.92. The van der Waals surface area contributed by atoms with Gasteiger partial charge in [-0.3, -0.25) is 29.9 Å². The van der Waals surface area contributed by atoms with Crippen molar-refractivity contribution in [2.24, 2.45) is 0 Å². The molecule has 0 aromatic heterocycles. The van der Waals surface area contributed by atoms with Crippen LogP contribution in [-0.4, -0.2) is 31.5 Å². The van der Waals surface area contributed by atoms with Gasteiger partial charge in [-0.2, -0.15) is 0 Å².